The predicted octanol–water partition coefficient (Wildman–Crippen LogP) is 2.45. The van der Waals surface area contributed by atoms with Crippen LogP contribution in [-0.2, 0) is 26.2 Å². The molecule has 2 aromatic carbocycles. The normalized spacial score (nSPS) is 12.2. The van der Waals surface area contributed by atoms with Gasteiger partial charge in [0.25, 0.3) is 0 Å². The molecule has 7 nitrogen and oxygen atoms in total. The maximum absolute atomic E-state index is 14.3. The molecule has 0 aromatic heterocycles. The van der Waals surface area contributed by atoms with Gasteiger partial charge in [0.05, 0.1) is 11.9 Å². The van der Waals surface area contributed by atoms with Crippen LogP contribution in [-0.4, -0.2) is 51.0 Å². The Bertz CT molecular complexity index is 1030. The summed E-state index contributed by atoms with van der Waals surface area (Å²) in [5.41, 5.74) is 1.61. The Balaban J connectivity index is 2.43. The van der Waals surface area contributed by atoms with E-state index in [1.807, 2.05) is 31.2 Å². The Hall–Kier alpha value is -2.94. The van der Waals surface area contributed by atoms with Crippen molar-refractivity contribution in [3.8, 4) is 0 Å². The number of likely N-dealkylation sites (N-methyl/N-ethyl adjacent to an activating group) is 1. The zero-order valence-corrected chi connectivity index (χ0v) is 18.9. The molecule has 2 aromatic rings. The van der Waals surface area contributed by atoms with Crippen LogP contribution in [0, 0.1) is 12.7 Å². The van der Waals surface area contributed by atoms with E-state index in [9.17, 15) is 22.4 Å². The number of para-hydroxylation sites is 1. The second-order valence-corrected chi connectivity index (χ2v) is 9.17. The number of hydrogen-bond donors (Lipinski definition) is 1. The van der Waals surface area contributed by atoms with Gasteiger partial charge in [-0.1, -0.05) is 48.9 Å². The molecule has 0 aliphatic rings. The first-order valence-corrected chi connectivity index (χ1v) is 11.7. The molecule has 0 bridgehead atoms. The number of hydrogen-bond acceptors (Lipinski definition) is 4. The number of halogens is 1. The SMILES string of the molecule is CC[C@H](C(=O)NC)N(Cc1ccc(C)cc1)C(=O)CN(c1ccccc1F)S(C)(=O)=O. The summed E-state index contributed by atoms with van der Waals surface area (Å²) in [4.78, 5) is 27.1. The zero-order chi connectivity index (χ0) is 23.2. The molecule has 1 atom stereocenters. The molecular formula is C22H28FN3O4S. The third kappa shape index (κ3) is 6.27. The average Bonchev–Trinajstić information content (AvgIpc) is 2.72. The fourth-order valence-corrected chi connectivity index (χ4v) is 4.08. The van der Waals surface area contributed by atoms with E-state index in [0.29, 0.717) is 6.42 Å². The summed E-state index contributed by atoms with van der Waals surface area (Å²) in [7, 11) is -2.49. The number of nitrogens with one attached hydrogen (secondary N) is 1. The van der Waals surface area contributed by atoms with Crippen molar-refractivity contribution in [1.82, 2.24) is 10.2 Å². The van der Waals surface area contributed by atoms with E-state index >= 15 is 0 Å². The molecule has 0 aliphatic carbocycles. The lowest BCUT2D eigenvalue weighted by Crippen LogP contribution is -2.51. The average molecular weight is 450 g/mol. The van der Waals surface area contributed by atoms with Gasteiger partial charge in [0.1, 0.15) is 18.4 Å². The van der Waals surface area contributed by atoms with Crippen LogP contribution in [0.3, 0.4) is 0 Å². The monoisotopic (exact) mass is 449 g/mol. The number of amides is 2. The minimum atomic E-state index is -3.96. The number of nitrogens with zero attached hydrogens (tertiary/aromatic N) is 2. The number of anilines is 1. The van der Waals surface area contributed by atoms with Crippen molar-refractivity contribution in [2.75, 3.05) is 24.2 Å². The van der Waals surface area contributed by atoms with Gasteiger partial charge in [-0.15, -0.1) is 0 Å². The van der Waals surface area contributed by atoms with Crippen molar-refractivity contribution in [2.45, 2.75) is 32.9 Å². The molecule has 0 fully saturated rings. The van der Waals surface area contributed by atoms with Crippen LogP contribution < -0.4 is 9.62 Å². The van der Waals surface area contributed by atoms with Crippen molar-refractivity contribution < 1.29 is 22.4 Å². The highest BCUT2D eigenvalue weighted by atomic mass is 32.2. The Morgan fingerprint density at radius 1 is 1.10 bits per heavy atom. The number of carbonyl (C=O) groups is 2. The topological polar surface area (TPSA) is 86.8 Å². The fraction of sp³-hybridized carbons (Fsp3) is 0.364. The highest BCUT2D eigenvalue weighted by molar-refractivity contribution is 7.92. The number of carbonyl (C=O) groups excluding carboxylic acids is 2. The molecule has 0 unspecified atom stereocenters. The first-order valence-electron chi connectivity index (χ1n) is 9.87. The minimum Gasteiger partial charge on any atom is -0.357 e. The Morgan fingerprint density at radius 3 is 2.23 bits per heavy atom. The molecule has 0 heterocycles. The standard InChI is InChI=1S/C22H28FN3O4S/c1-5-19(22(28)24-3)25(14-17-12-10-16(2)11-13-17)21(27)15-26(31(4,29)30)20-9-7-6-8-18(20)23/h6-13,19H,5,14-15H2,1-4H3,(H,24,28)/t19-/m1/s1. The highest BCUT2D eigenvalue weighted by Crippen LogP contribution is 2.22. The van der Waals surface area contributed by atoms with E-state index in [2.05, 4.69) is 5.32 Å². The Labute approximate surface area is 182 Å². The molecule has 9 heteroatoms. The van der Waals surface area contributed by atoms with E-state index in [0.717, 1.165) is 27.8 Å². The molecule has 1 N–H and O–H groups in total. The van der Waals surface area contributed by atoms with E-state index in [1.54, 1.807) is 6.92 Å². The van der Waals surface area contributed by atoms with Gasteiger partial charge in [-0.3, -0.25) is 13.9 Å². The number of rotatable bonds is 9. The highest BCUT2D eigenvalue weighted by Gasteiger charge is 2.32. The summed E-state index contributed by atoms with van der Waals surface area (Å²) in [6.07, 6.45) is 1.24. The van der Waals surface area contributed by atoms with Gasteiger partial charge < -0.3 is 10.2 Å². The van der Waals surface area contributed by atoms with Crippen LogP contribution in [0.2, 0.25) is 0 Å². The van der Waals surface area contributed by atoms with Gasteiger partial charge in [0, 0.05) is 13.6 Å². The molecule has 31 heavy (non-hydrogen) atoms. The van der Waals surface area contributed by atoms with Gasteiger partial charge in [0.15, 0.2) is 0 Å². The summed E-state index contributed by atoms with van der Waals surface area (Å²) in [6.45, 7) is 3.18. The molecule has 2 rings (SSSR count). The van der Waals surface area contributed by atoms with Gasteiger partial charge in [-0.2, -0.15) is 0 Å². The van der Waals surface area contributed by atoms with E-state index in [4.69, 9.17) is 0 Å². The lowest BCUT2D eigenvalue weighted by atomic mass is 10.1. The second kappa shape index (κ2) is 10.4. The number of benzene rings is 2. The maximum atomic E-state index is 14.3. The molecule has 0 saturated heterocycles. The Kier molecular flexibility index (Phi) is 8.15. The first kappa shape index (κ1) is 24.3. The van der Waals surface area contributed by atoms with E-state index in [1.165, 1.54) is 30.1 Å². The zero-order valence-electron chi connectivity index (χ0n) is 18.1. The molecule has 2 amide bonds. The molecular weight excluding hydrogens is 421 g/mol. The molecule has 0 aliphatic heterocycles. The van der Waals surface area contributed by atoms with Crippen LogP contribution in [0.1, 0.15) is 24.5 Å². The summed E-state index contributed by atoms with van der Waals surface area (Å²) < 4.78 is 39.8. The summed E-state index contributed by atoms with van der Waals surface area (Å²) in [6, 6.07) is 12.0. The molecule has 0 spiro atoms. The summed E-state index contributed by atoms with van der Waals surface area (Å²) in [5, 5.41) is 2.55. The van der Waals surface area contributed by atoms with Crippen LogP contribution in [0.5, 0.6) is 0 Å². The second-order valence-electron chi connectivity index (χ2n) is 7.27. The van der Waals surface area contributed by atoms with Crippen LogP contribution in [0.25, 0.3) is 0 Å². The van der Waals surface area contributed by atoms with Gasteiger partial charge in [-0.25, -0.2) is 12.8 Å². The largest absolute Gasteiger partial charge is 0.357 e. The van der Waals surface area contributed by atoms with Crippen LogP contribution >= 0.6 is 0 Å². The van der Waals surface area contributed by atoms with Crippen LogP contribution in [0.4, 0.5) is 10.1 Å². The summed E-state index contributed by atoms with van der Waals surface area (Å²) >= 11 is 0. The van der Waals surface area contributed by atoms with Gasteiger partial charge in [-0.05, 0) is 31.0 Å². The smallest absolute Gasteiger partial charge is 0.244 e. The van der Waals surface area contributed by atoms with Crippen LogP contribution in [0.15, 0.2) is 48.5 Å². The quantitative estimate of drug-likeness (QED) is 0.637. The predicted molar refractivity (Wildman–Crippen MR) is 118 cm³/mol. The van der Waals surface area contributed by atoms with Crippen molar-refractivity contribution in [3.05, 3.63) is 65.5 Å². The van der Waals surface area contributed by atoms with Gasteiger partial charge >= 0.3 is 0 Å². The van der Waals surface area contributed by atoms with Crippen molar-refractivity contribution in [1.29, 1.82) is 0 Å². The van der Waals surface area contributed by atoms with Crippen molar-refractivity contribution >= 4 is 27.5 Å². The lowest BCUT2D eigenvalue weighted by molar-refractivity contribution is -0.140. The first-order chi connectivity index (χ1) is 14.6. The number of sulfonamides is 1. The molecule has 168 valence electrons. The molecule has 0 radical (unpaired) electrons. The lowest BCUT2D eigenvalue weighted by Gasteiger charge is -2.32. The summed E-state index contributed by atoms with van der Waals surface area (Å²) in [5.74, 6) is -1.73. The third-order valence-corrected chi connectivity index (χ3v) is 6.03. The third-order valence-electron chi connectivity index (χ3n) is 4.91. The van der Waals surface area contributed by atoms with E-state index < -0.39 is 34.3 Å². The Morgan fingerprint density at radius 2 is 1.71 bits per heavy atom. The number of aryl methyl sites for hydroxylation is 1. The van der Waals surface area contributed by atoms with Crippen molar-refractivity contribution in [2.24, 2.45) is 0 Å². The minimum absolute atomic E-state index is 0.111. The van der Waals surface area contributed by atoms with E-state index in [-0.39, 0.29) is 18.1 Å². The van der Waals surface area contributed by atoms with Gasteiger partial charge in [0.2, 0.25) is 21.8 Å². The van der Waals surface area contributed by atoms with Crippen molar-refractivity contribution in [3.63, 3.8) is 0 Å². The fourth-order valence-electron chi connectivity index (χ4n) is 3.23. The maximum Gasteiger partial charge on any atom is 0.244 e. The molecule has 0 saturated carbocycles.